The lowest BCUT2D eigenvalue weighted by Crippen LogP contribution is -2.37. The summed E-state index contributed by atoms with van der Waals surface area (Å²) in [5, 5.41) is 0. The predicted molar refractivity (Wildman–Crippen MR) is 65.6 cm³/mol. The van der Waals surface area contributed by atoms with Gasteiger partial charge in [0.1, 0.15) is 6.04 Å². The lowest BCUT2D eigenvalue weighted by atomic mass is 10.2. The number of aromatic nitrogens is 1. The van der Waals surface area contributed by atoms with E-state index in [0.717, 1.165) is 25.9 Å². The second kappa shape index (κ2) is 4.61. The van der Waals surface area contributed by atoms with E-state index in [2.05, 4.69) is 0 Å². The van der Waals surface area contributed by atoms with Gasteiger partial charge in [-0.15, -0.1) is 0 Å². The number of likely N-dealkylation sites (tertiary alicyclic amines) is 1. The molecule has 1 aromatic heterocycles. The van der Waals surface area contributed by atoms with Crippen LogP contribution in [0, 0.1) is 0 Å². The standard InChI is InChI=1S/C12H17N3O2/c1-9(11(16)14-6-2-3-7-14)15-8-4-5-10(13)12(15)17/h4-5,8-9H,2-3,6-7,13H2,1H3/t9-/m1/s1. The van der Waals surface area contributed by atoms with Crippen molar-refractivity contribution in [1.82, 2.24) is 9.47 Å². The van der Waals surface area contributed by atoms with Gasteiger partial charge in [0.05, 0.1) is 5.69 Å². The quantitative estimate of drug-likeness (QED) is 0.816. The minimum atomic E-state index is -0.482. The second-order valence-electron chi connectivity index (χ2n) is 4.38. The number of amides is 1. The Balaban J connectivity index is 2.24. The zero-order chi connectivity index (χ0) is 12.4. The average molecular weight is 235 g/mol. The second-order valence-corrected chi connectivity index (χ2v) is 4.38. The first kappa shape index (κ1) is 11.7. The molecule has 0 aromatic carbocycles. The fraction of sp³-hybridized carbons (Fsp3) is 0.500. The molecule has 0 aliphatic carbocycles. The smallest absolute Gasteiger partial charge is 0.274 e. The maximum atomic E-state index is 12.1. The first-order valence-corrected chi connectivity index (χ1v) is 5.86. The Morgan fingerprint density at radius 1 is 1.41 bits per heavy atom. The van der Waals surface area contributed by atoms with E-state index < -0.39 is 6.04 Å². The van der Waals surface area contributed by atoms with E-state index in [1.165, 1.54) is 4.57 Å². The number of nitrogens with two attached hydrogens (primary N) is 1. The molecule has 1 aromatic rings. The zero-order valence-electron chi connectivity index (χ0n) is 9.93. The molecule has 5 nitrogen and oxygen atoms in total. The number of anilines is 1. The highest BCUT2D eigenvalue weighted by molar-refractivity contribution is 5.80. The molecule has 0 radical (unpaired) electrons. The highest BCUT2D eigenvalue weighted by Crippen LogP contribution is 2.14. The first-order chi connectivity index (χ1) is 8.11. The van der Waals surface area contributed by atoms with Crippen LogP contribution < -0.4 is 11.3 Å². The van der Waals surface area contributed by atoms with Crippen molar-refractivity contribution in [1.29, 1.82) is 0 Å². The minimum absolute atomic E-state index is 0.00444. The van der Waals surface area contributed by atoms with E-state index in [4.69, 9.17) is 5.73 Å². The summed E-state index contributed by atoms with van der Waals surface area (Å²) in [6, 6.07) is 2.75. The molecule has 0 bridgehead atoms. The first-order valence-electron chi connectivity index (χ1n) is 5.86. The Morgan fingerprint density at radius 2 is 2.06 bits per heavy atom. The van der Waals surface area contributed by atoms with Crippen LogP contribution in [0.1, 0.15) is 25.8 Å². The van der Waals surface area contributed by atoms with Crippen LogP contribution in [0.25, 0.3) is 0 Å². The summed E-state index contributed by atoms with van der Waals surface area (Å²) >= 11 is 0. The van der Waals surface area contributed by atoms with Crippen LogP contribution in [-0.2, 0) is 4.79 Å². The molecule has 1 atom stereocenters. The van der Waals surface area contributed by atoms with Gasteiger partial charge in [-0.2, -0.15) is 0 Å². The Hall–Kier alpha value is -1.78. The molecule has 1 aliphatic rings. The number of nitrogen functional groups attached to an aromatic ring is 1. The minimum Gasteiger partial charge on any atom is -0.394 e. The monoisotopic (exact) mass is 235 g/mol. The number of carbonyl (C=O) groups is 1. The highest BCUT2D eigenvalue weighted by atomic mass is 16.2. The third kappa shape index (κ3) is 2.18. The summed E-state index contributed by atoms with van der Waals surface area (Å²) in [6.07, 6.45) is 3.70. The fourth-order valence-electron chi connectivity index (χ4n) is 2.15. The van der Waals surface area contributed by atoms with Crippen LogP contribution in [-0.4, -0.2) is 28.5 Å². The molecular formula is C12H17N3O2. The van der Waals surface area contributed by atoms with E-state index in [9.17, 15) is 9.59 Å². The van der Waals surface area contributed by atoms with Gasteiger partial charge in [0.2, 0.25) is 5.91 Å². The van der Waals surface area contributed by atoms with E-state index in [1.807, 2.05) is 0 Å². The van der Waals surface area contributed by atoms with E-state index in [0.29, 0.717) is 0 Å². The molecule has 0 saturated carbocycles. The summed E-state index contributed by atoms with van der Waals surface area (Å²) in [5.74, 6) is -0.00444. The zero-order valence-corrected chi connectivity index (χ0v) is 9.93. The lowest BCUT2D eigenvalue weighted by molar-refractivity contribution is -0.133. The van der Waals surface area contributed by atoms with Crippen molar-refractivity contribution >= 4 is 11.6 Å². The molecule has 1 fully saturated rings. The summed E-state index contributed by atoms with van der Waals surface area (Å²) in [5.41, 5.74) is 5.43. The van der Waals surface area contributed by atoms with Gasteiger partial charge in [-0.25, -0.2) is 0 Å². The van der Waals surface area contributed by atoms with Crippen molar-refractivity contribution in [3.63, 3.8) is 0 Å². The number of pyridine rings is 1. The van der Waals surface area contributed by atoms with Gasteiger partial charge >= 0.3 is 0 Å². The number of hydrogen-bond donors (Lipinski definition) is 1. The molecule has 5 heteroatoms. The Labute approximate surface area is 99.8 Å². The normalized spacial score (nSPS) is 17.1. The van der Waals surface area contributed by atoms with Crippen LogP contribution in [0.4, 0.5) is 5.69 Å². The van der Waals surface area contributed by atoms with Gasteiger partial charge in [-0.1, -0.05) is 0 Å². The predicted octanol–water partition coefficient (Wildman–Crippen LogP) is 0.614. The molecule has 2 N–H and O–H groups in total. The topological polar surface area (TPSA) is 68.3 Å². The van der Waals surface area contributed by atoms with Crippen LogP contribution in [0.15, 0.2) is 23.1 Å². The molecule has 1 amide bonds. The van der Waals surface area contributed by atoms with Crippen molar-refractivity contribution < 1.29 is 4.79 Å². The molecule has 1 aliphatic heterocycles. The van der Waals surface area contributed by atoms with Crippen molar-refractivity contribution in [3.8, 4) is 0 Å². The van der Waals surface area contributed by atoms with Gasteiger partial charge < -0.3 is 15.2 Å². The Morgan fingerprint density at radius 3 is 2.71 bits per heavy atom. The van der Waals surface area contributed by atoms with E-state index >= 15 is 0 Å². The largest absolute Gasteiger partial charge is 0.394 e. The third-order valence-electron chi connectivity index (χ3n) is 3.20. The SMILES string of the molecule is C[C@H](C(=O)N1CCCC1)n1cccc(N)c1=O. The van der Waals surface area contributed by atoms with Crippen LogP contribution in [0.5, 0.6) is 0 Å². The summed E-state index contributed by atoms with van der Waals surface area (Å²) in [7, 11) is 0. The van der Waals surface area contributed by atoms with Gasteiger partial charge in [0.25, 0.3) is 5.56 Å². The van der Waals surface area contributed by atoms with Crippen molar-refractivity contribution in [2.75, 3.05) is 18.8 Å². The number of hydrogen-bond acceptors (Lipinski definition) is 3. The van der Waals surface area contributed by atoms with Crippen LogP contribution >= 0.6 is 0 Å². The van der Waals surface area contributed by atoms with E-state index in [-0.39, 0.29) is 17.2 Å². The molecular weight excluding hydrogens is 218 g/mol. The van der Waals surface area contributed by atoms with Crippen molar-refractivity contribution in [3.05, 3.63) is 28.7 Å². The van der Waals surface area contributed by atoms with Gasteiger partial charge in [0.15, 0.2) is 0 Å². The molecule has 1 saturated heterocycles. The number of carbonyl (C=O) groups excluding carboxylic acids is 1. The third-order valence-corrected chi connectivity index (χ3v) is 3.20. The maximum absolute atomic E-state index is 12.1. The Bertz CT molecular complexity index is 475. The highest BCUT2D eigenvalue weighted by Gasteiger charge is 2.24. The van der Waals surface area contributed by atoms with Gasteiger partial charge in [-0.05, 0) is 31.9 Å². The molecule has 17 heavy (non-hydrogen) atoms. The summed E-state index contributed by atoms with van der Waals surface area (Å²) in [6.45, 7) is 3.32. The summed E-state index contributed by atoms with van der Waals surface area (Å²) in [4.78, 5) is 25.7. The number of rotatable bonds is 2. The molecule has 2 heterocycles. The molecule has 92 valence electrons. The fourth-order valence-corrected chi connectivity index (χ4v) is 2.15. The van der Waals surface area contributed by atoms with Gasteiger partial charge in [-0.3, -0.25) is 9.59 Å². The average Bonchev–Trinajstić information content (AvgIpc) is 2.84. The number of nitrogens with zero attached hydrogens (tertiary/aromatic N) is 2. The van der Waals surface area contributed by atoms with Crippen molar-refractivity contribution in [2.45, 2.75) is 25.8 Å². The molecule has 0 spiro atoms. The lowest BCUT2D eigenvalue weighted by Gasteiger charge is -2.21. The summed E-state index contributed by atoms with van der Waals surface area (Å²) < 4.78 is 1.40. The van der Waals surface area contributed by atoms with Crippen molar-refractivity contribution in [2.24, 2.45) is 0 Å². The molecule has 0 unspecified atom stereocenters. The van der Waals surface area contributed by atoms with Crippen LogP contribution in [0.2, 0.25) is 0 Å². The van der Waals surface area contributed by atoms with E-state index in [1.54, 1.807) is 30.2 Å². The maximum Gasteiger partial charge on any atom is 0.274 e. The Kier molecular flexibility index (Phi) is 3.17. The molecule has 2 rings (SSSR count). The van der Waals surface area contributed by atoms with Crippen LogP contribution in [0.3, 0.4) is 0 Å². The van der Waals surface area contributed by atoms with Gasteiger partial charge in [0, 0.05) is 19.3 Å².